The Morgan fingerprint density at radius 3 is 2.53 bits per heavy atom. The van der Waals surface area contributed by atoms with Crippen molar-refractivity contribution in [1.82, 2.24) is 4.57 Å². The number of hydrogen-bond donors (Lipinski definition) is 3. The summed E-state index contributed by atoms with van der Waals surface area (Å²) in [5, 5.41) is 18.6. The normalized spacial score (nSPS) is 12.5. The molecule has 0 aliphatic rings. The number of nitrogens with two attached hydrogens (primary N) is 1. The van der Waals surface area contributed by atoms with Crippen molar-refractivity contribution in [3.05, 3.63) is 69.5 Å². The molecule has 4 N–H and O–H groups in total. The Balaban J connectivity index is 2.07. The van der Waals surface area contributed by atoms with Crippen LogP contribution >= 0.6 is 35.1 Å². The third-order valence-corrected chi connectivity index (χ3v) is 6.05. The van der Waals surface area contributed by atoms with Crippen LogP contribution in [-0.4, -0.2) is 28.0 Å². The summed E-state index contributed by atoms with van der Waals surface area (Å²) >= 11 is 13.0. The van der Waals surface area contributed by atoms with Gasteiger partial charge in [-0.25, -0.2) is 0 Å². The number of alkyl halides is 3. The summed E-state index contributed by atoms with van der Waals surface area (Å²) in [4.78, 5) is 13.7. The average Bonchev–Trinajstić information content (AvgIpc) is 3.02. The van der Waals surface area contributed by atoms with E-state index in [1.165, 1.54) is 35.8 Å². The van der Waals surface area contributed by atoms with Crippen LogP contribution < -0.4 is 15.2 Å². The summed E-state index contributed by atoms with van der Waals surface area (Å²) in [6.45, 7) is 3.11. The molecule has 34 heavy (non-hydrogen) atoms. The van der Waals surface area contributed by atoms with E-state index in [-0.39, 0.29) is 22.7 Å². The van der Waals surface area contributed by atoms with Crippen molar-refractivity contribution in [3.63, 3.8) is 0 Å². The number of ether oxygens (including phenoxy) is 1. The number of anilines is 1. The van der Waals surface area contributed by atoms with Crippen molar-refractivity contribution in [1.29, 1.82) is 0 Å². The van der Waals surface area contributed by atoms with Gasteiger partial charge in [0.2, 0.25) is 0 Å². The second-order valence-corrected chi connectivity index (χ2v) is 8.92. The van der Waals surface area contributed by atoms with Crippen LogP contribution in [0.1, 0.15) is 28.7 Å². The number of benzene rings is 2. The second kappa shape index (κ2) is 10.5. The van der Waals surface area contributed by atoms with Crippen molar-refractivity contribution in [2.24, 2.45) is 5.14 Å². The molecule has 1 aromatic heterocycles. The topological polar surface area (TPSA) is 89.5 Å². The Bertz CT molecular complexity index is 1220. The van der Waals surface area contributed by atoms with Crippen LogP contribution in [-0.2, 0) is 6.42 Å². The highest BCUT2D eigenvalue weighted by Gasteiger charge is 2.33. The quantitative estimate of drug-likeness (QED) is 0.318. The first-order chi connectivity index (χ1) is 15.9. The minimum Gasteiger partial charge on any atom is -0.403 e. The lowest BCUT2D eigenvalue weighted by Crippen LogP contribution is -2.19. The molecule has 0 saturated carbocycles. The maximum atomic E-state index is 13.1. The first-order valence-corrected chi connectivity index (χ1v) is 11.5. The highest BCUT2D eigenvalue weighted by Crippen LogP contribution is 2.35. The van der Waals surface area contributed by atoms with Gasteiger partial charge in [0, 0.05) is 39.5 Å². The molecular formula is C22H20Cl2F3N3O3S. The second-order valence-electron chi connectivity index (χ2n) is 7.40. The minimum atomic E-state index is -4.96. The first-order valence-electron chi connectivity index (χ1n) is 9.82. The van der Waals surface area contributed by atoms with E-state index in [2.05, 4.69) is 10.1 Å². The van der Waals surface area contributed by atoms with Crippen LogP contribution in [0.15, 0.2) is 47.4 Å². The molecule has 0 radical (unpaired) electrons. The summed E-state index contributed by atoms with van der Waals surface area (Å²) in [5.74, 6) is -1.06. The third-order valence-electron chi connectivity index (χ3n) is 4.78. The van der Waals surface area contributed by atoms with E-state index < -0.39 is 24.1 Å². The highest BCUT2D eigenvalue weighted by molar-refractivity contribution is 7.97. The molecule has 0 saturated heterocycles. The molecule has 2 aromatic carbocycles. The fraction of sp³-hybridized carbons (Fsp3) is 0.227. The maximum absolute atomic E-state index is 13.1. The smallest absolute Gasteiger partial charge is 0.403 e. The highest BCUT2D eigenvalue weighted by atomic mass is 35.5. The number of rotatable bonds is 7. The van der Waals surface area contributed by atoms with Crippen molar-refractivity contribution in [2.45, 2.75) is 37.6 Å². The van der Waals surface area contributed by atoms with Gasteiger partial charge in [-0.2, -0.15) is 0 Å². The predicted octanol–water partition coefficient (Wildman–Crippen LogP) is 6.13. The largest absolute Gasteiger partial charge is 0.573 e. The average molecular weight is 534 g/mol. The molecular weight excluding hydrogens is 514 g/mol. The standard InChI is InChI=1S/C22H20Cl2F3N3O3S/c1-11(31)7-15-10-16(21(32)29-14-4-6-20(34-28)17(24)9-14)12(2)30(15)18-5-3-13(23)8-19(18)33-22(25,26)27/h3-6,8-11,31H,7,28H2,1-2H3,(H,29,32). The number of halogens is 5. The van der Waals surface area contributed by atoms with Gasteiger partial charge in [-0.05, 0) is 62.2 Å². The number of aliphatic hydroxyl groups excluding tert-OH is 1. The lowest BCUT2D eigenvalue weighted by molar-refractivity contribution is -0.274. The molecule has 182 valence electrons. The van der Waals surface area contributed by atoms with Crippen LogP contribution in [0.3, 0.4) is 0 Å². The lowest BCUT2D eigenvalue weighted by atomic mass is 10.2. The van der Waals surface area contributed by atoms with E-state index in [1.807, 2.05) is 0 Å². The molecule has 1 heterocycles. The Morgan fingerprint density at radius 1 is 1.24 bits per heavy atom. The molecule has 0 bridgehead atoms. The van der Waals surface area contributed by atoms with Crippen molar-refractivity contribution in [2.75, 3.05) is 5.32 Å². The third kappa shape index (κ3) is 6.19. The van der Waals surface area contributed by atoms with Gasteiger partial charge in [0.1, 0.15) is 0 Å². The molecule has 1 amide bonds. The fourth-order valence-corrected chi connectivity index (χ4v) is 4.24. The molecule has 1 unspecified atom stereocenters. The van der Waals surface area contributed by atoms with Crippen LogP contribution in [0.2, 0.25) is 10.0 Å². The molecule has 1 atom stereocenters. The minimum absolute atomic E-state index is 0.0151. The van der Waals surface area contributed by atoms with E-state index in [0.717, 1.165) is 18.0 Å². The molecule has 0 fully saturated rings. The summed E-state index contributed by atoms with van der Waals surface area (Å²) in [5.41, 5.74) is 1.35. The number of aromatic nitrogens is 1. The number of amides is 1. The van der Waals surface area contributed by atoms with E-state index in [4.69, 9.17) is 28.3 Å². The molecule has 12 heteroatoms. The van der Waals surface area contributed by atoms with E-state index in [9.17, 15) is 23.1 Å². The van der Waals surface area contributed by atoms with Crippen LogP contribution in [0.4, 0.5) is 18.9 Å². The van der Waals surface area contributed by atoms with Gasteiger partial charge in [0.05, 0.1) is 22.4 Å². The van der Waals surface area contributed by atoms with Gasteiger partial charge in [0.15, 0.2) is 5.75 Å². The zero-order chi connectivity index (χ0) is 25.2. The lowest BCUT2D eigenvalue weighted by Gasteiger charge is -2.18. The number of hydrogen-bond acceptors (Lipinski definition) is 5. The van der Waals surface area contributed by atoms with Gasteiger partial charge in [-0.1, -0.05) is 23.2 Å². The van der Waals surface area contributed by atoms with Crippen LogP contribution in [0.5, 0.6) is 5.75 Å². The molecule has 0 spiro atoms. The zero-order valence-corrected chi connectivity index (χ0v) is 20.2. The molecule has 0 aliphatic heterocycles. The van der Waals surface area contributed by atoms with Gasteiger partial charge in [-0.15, -0.1) is 13.2 Å². The Kier molecular flexibility index (Phi) is 8.10. The van der Waals surface area contributed by atoms with Gasteiger partial charge < -0.3 is 19.7 Å². The van der Waals surface area contributed by atoms with Crippen LogP contribution in [0, 0.1) is 6.92 Å². The fourth-order valence-electron chi connectivity index (χ4n) is 3.44. The zero-order valence-electron chi connectivity index (χ0n) is 17.9. The summed E-state index contributed by atoms with van der Waals surface area (Å²) in [7, 11) is 0. The van der Waals surface area contributed by atoms with E-state index in [0.29, 0.717) is 27.0 Å². The SMILES string of the molecule is Cc1c(C(=O)Nc2ccc(SN)c(Cl)c2)cc(CC(C)O)n1-c1ccc(Cl)cc1OC(F)(F)F. The van der Waals surface area contributed by atoms with Crippen molar-refractivity contribution >= 4 is 46.7 Å². The summed E-state index contributed by atoms with van der Waals surface area (Å²) in [6.07, 6.45) is -5.72. The van der Waals surface area contributed by atoms with Crippen molar-refractivity contribution < 1.29 is 27.8 Å². The first kappa shape index (κ1) is 26.2. The maximum Gasteiger partial charge on any atom is 0.573 e. The van der Waals surface area contributed by atoms with Crippen molar-refractivity contribution in [3.8, 4) is 11.4 Å². The monoisotopic (exact) mass is 533 g/mol. The van der Waals surface area contributed by atoms with Gasteiger partial charge in [0.25, 0.3) is 5.91 Å². The van der Waals surface area contributed by atoms with Gasteiger partial charge >= 0.3 is 6.36 Å². The number of carbonyl (C=O) groups excluding carboxylic acids is 1. The van der Waals surface area contributed by atoms with Gasteiger partial charge in [-0.3, -0.25) is 9.93 Å². The Hall–Kier alpha value is -2.37. The predicted molar refractivity (Wildman–Crippen MR) is 127 cm³/mol. The molecule has 3 aromatic rings. The molecule has 6 nitrogen and oxygen atoms in total. The number of carbonyl (C=O) groups is 1. The van der Waals surface area contributed by atoms with E-state index in [1.54, 1.807) is 19.1 Å². The molecule has 0 aliphatic carbocycles. The molecule has 3 rings (SSSR count). The summed E-state index contributed by atoms with van der Waals surface area (Å²) < 4.78 is 44.7. The Morgan fingerprint density at radius 2 is 1.94 bits per heavy atom. The number of nitrogens with one attached hydrogen (secondary N) is 1. The van der Waals surface area contributed by atoms with Crippen LogP contribution in [0.25, 0.3) is 5.69 Å². The summed E-state index contributed by atoms with van der Waals surface area (Å²) in [6, 6.07) is 10.1. The number of nitrogens with zero attached hydrogens (tertiary/aromatic N) is 1. The Labute approximate surface area is 207 Å². The number of aliphatic hydroxyl groups is 1. The van der Waals surface area contributed by atoms with E-state index >= 15 is 0 Å².